The lowest BCUT2D eigenvalue weighted by atomic mass is 9.95. The highest BCUT2D eigenvalue weighted by molar-refractivity contribution is 7.81. The number of ether oxygens (including phenoxy) is 1. The molecule has 212 valence electrons. The molecule has 1 aliphatic carbocycles. The monoisotopic (exact) mass is 595 g/mol. The molecule has 7 nitrogen and oxygen atoms in total. The Labute approximate surface area is 253 Å². The Balaban J connectivity index is 1.50. The molecular formula is C33H29N3O4S2. The van der Waals surface area contributed by atoms with E-state index in [1.807, 2.05) is 60.9 Å². The highest BCUT2D eigenvalue weighted by Gasteiger charge is 2.41. The van der Waals surface area contributed by atoms with Crippen LogP contribution in [-0.4, -0.2) is 34.6 Å². The van der Waals surface area contributed by atoms with Gasteiger partial charge in [-0.3, -0.25) is 19.4 Å². The number of carbonyl (C=O) groups is 3. The standard InChI is InChI=1S/C33H29N3O4S2/c1-20-18-22(21(2)34(20)31-28(32(39)40-3)25-16-10-11-17-27(25)42-31)19-26-29(37)35(23-12-6-4-7-13-23)33(41)36(30(26)38)24-14-8-5-9-15-24/h4-9,12-15,18-19H,10-11,16-17H2,1-3H3. The van der Waals surface area contributed by atoms with Crippen LogP contribution in [0.15, 0.2) is 72.3 Å². The molecule has 3 heterocycles. The second-order valence-corrected chi connectivity index (χ2v) is 11.8. The highest BCUT2D eigenvalue weighted by Crippen LogP contribution is 2.39. The summed E-state index contributed by atoms with van der Waals surface area (Å²) in [5, 5.41) is 0.907. The van der Waals surface area contributed by atoms with Crippen molar-refractivity contribution in [1.29, 1.82) is 0 Å². The number of para-hydroxylation sites is 2. The van der Waals surface area contributed by atoms with Gasteiger partial charge in [-0.1, -0.05) is 36.4 Å². The molecule has 2 amide bonds. The number of hydrogen-bond acceptors (Lipinski definition) is 6. The Morgan fingerprint density at radius 3 is 2.05 bits per heavy atom. The van der Waals surface area contributed by atoms with E-state index in [1.54, 1.807) is 41.7 Å². The Kier molecular flexibility index (Phi) is 7.38. The number of benzene rings is 2. The Morgan fingerprint density at radius 2 is 1.48 bits per heavy atom. The van der Waals surface area contributed by atoms with Crippen LogP contribution in [0, 0.1) is 13.8 Å². The van der Waals surface area contributed by atoms with Gasteiger partial charge in [0.05, 0.1) is 24.0 Å². The van der Waals surface area contributed by atoms with Crippen LogP contribution in [0.4, 0.5) is 11.4 Å². The zero-order valence-electron chi connectivity index (χ0n) is 23.5. The smallest absolute Gasteiger partial charge is 0.341 e. The number of rotatable bonds is 5. The molecule has 0 spiro atoms. The molecule has 1 aliphatic heterocycles. The fourth-order valence-electron chi connectivity index (χ4n) is 5.76. The van der Waals surface area contributed by atoms with Crippen molar-refractivity contribution in [3.8, 4) is 5.00 Å². The van der Waals surface area contributed by atoms with Crippen molar-refractivity contribution in [2.45, 2.75) is 39.5 Å². The normalized spacial score (nSPS) is 15.2. The number of carbonyl (C=O) groups excluding carboxylic acids is 3. The molecule has 9 heteroatoms. The molecule has 1 saturated heterocycles. The van der Waals surface area contributed by atoms with Crippen molar-refractivity contribution >= 4 is 63.9 Å². The van der Waals surface area contributed by atoms with Gasteiger partial charge in [-0.15, -0.1) is 11.3 Å². The first-order valence-corrected chi connectivity index (χ1v) is 15.0. The lowest BCUT2D eigenvalue weighted by Crippen LogP contribution is -2.56. The molecule has 4 aromatic rings. The predicted octanol–water partition coefficient (Wildman–Crippen LogP) is 6.57. The highest BCUT2D eigenvalue weighted by atomic mass is 32.1. The quantitative estimate of drug-likeness (QED) is 0.113. The number of aromatic nitrogens is 1. The van der Waals surface area contributed by atoms with Crippen LogP contribution in [0.1, 0.15) is 50.6 Å². The molecule has 0 bridgehead atoms. The molecule has 42 heavy (non-hydrogen) atoms. The number of nitrogens with zero attached hydrogens (tertiary/aromatic N) is 3. The molecule has 0 saturated carbocycles. The van der Waals surface area contributed by atoms with Crippen LogP contribution < -0.4 is 9.80 Å². The first kappa shape index (κ1) is 27.8. The summed E-state index contributed by atoms with van der Waals surface area (Å²) < 4.78 is 7.24. The molecule has 0 radical (unpaired) electrons. The van der Waals surface area contributed by atoms with Crippen LogP contribution in [0.5, 0.6) is 0 Å². The van der Waals surface area contributed by atoms with Crippen LogP contribution in [0.3, 0.4) is 0 Å². The summed E-state index contributed by atoms with van der Waals surface area (Å²) >= 11 is 7.35. The van der Waals surface area contributed by atoms with E-state index >= 15 is 0 Å². The second-order valence-electron chi connectivity index (χ2n) is 10.3. The number of methoxy groups -OCH3 is 1. The van der Waals surface area contributed by atoms with Gasteiger partial charge >= 0.3 is 5.97 Å². The Hall–Kier alpha value is -4.34. The van der Waals surface area contributed by atoms with E-state index < -0.39 is 11.8 Å². The van der Waals surface area contributed by atoms with Crippen LogP contribution in [0.2, 0.25) is 0 Å². The molecule has 2 aliphatic rings. The molecule has 2 aromatic carbocycles. The summed E-state index contributed by atoms with van der Waals surface area (Å²) in [5.41, 5.74) is 5.23. The number of amides is 2. The maximum absolute atomic E-state index is 14.0. The summed E-state index contributed by atoms with van der Waals surface area (Å²) in [4.78, 5) is 45.0. The van der Waals surface area contributed by atoms with Crippen LogP contribution >= 0.6 is 23.6 Å². The zero-order valence-corrected chi connectivity index (χ0v) is 25.2. The van der Waals surface area contributed by atoms with Gasteiger partial charge in [-0.05, 0) is 99.3 Å². The third-order valence-corrected chi connectivity index (χ3v) is 9.44. The molecular weight excluding hydrogens is 567 g/mol. The molecule has 1 fully saturated rings. The maximum Gasteiger partial charge on any atom is 0.341 e. The fourth-order valence-corrected chi connectivity index (χ4v) is 7.63. The summed E-state index contributed by atoms with van der Waals surface area (Å²) in [6.07, 6.45) is 5.56. The summed E-state index contributed by atoms with van der Waals surface area (Å²) in [7, 11) is 1.41. The topological polar surface area (TPSA) is 71.8 Å². The minimum Gasteiger partial charge on any atom is -0.465 e. The van der Waals surface area contributed by atoms with E-state index in [1.165, 1.54) is 21.8 Å². The van der Waals surface area contributed by atoms with Gasteiger partial charge < -0.3 is 9.30 Å². The molecule has 0 atom stereocenters. The summed E-state index contributed by atoms with van der Waals surface area (Å²) in [5.74, 6) is -1.33. The van der Waals surface area contributed by atoms with Gasteiger partial charge in [0.2, 0.25) is 0 Å². The molecule has 0 N–H and O–H groups in total. The summed E-state index contributed by atoms with van der Waals surface area (Å²) in [6, 6.07) is 20.1. The van der Waals surface area contributed by atoms with Gasteiger partial charge in [0, 0.05) is 16.3 Å². The van der Waals surface area contributed by atoms with Crippen LogP contribution in [-0.2, 0) is 27.2 Å². The van der Waals surface area contributed by atoms with E-state index in [2.05, 4.69) is 0 Å². The van der Waals surface area contributed by atoms with Crippen molar-refractivity contribution in [2.24, 2.45) is 0 Å². The minimum atomic E-state index is -0.491. The van der Waals surface area contributed by atoms with Crippen molar-refractivity contribution in [3.05, 3.63) is 105 Å². The number of hydrogen-bond donors (Lipinski definition) is 0. The van der Waals surface area contributed by atoms with Crippen molar-refractivity contribution in [3.63, 3.8) is 0 Å². The SMILES string of the molecule is COC(=O)c1c(-n2c(C)cc(C=C3C(=O)N(c4ccccc4)C(=S)N(c4ccccc4)C3=O)c2C)sc2c1CCCC2. The van der Waals surface area contributed by atoms with Gasteiger partial charge in [-0.25, -0.2) is 4.79 Å². The fraction of sp³-hybridized carbons (Fsp3) is 0.212. The maximum atomic E-state index is 14.0. The minimum absolute atomic E-state index is 0.00442. The molecule has 0 unspecified atom stereocenters. The number of aryl methyl sites for hydroxylation is 2. The van der Waals surface area contributed by atoms with Crippen molar-refractivity contribution in [1.82, 2.24) is 4.57 Å². The van der Waals surface area contributed by atoms with Crippen molar-refractivity contribution in [2.75, 3.05) is 16.9 Å². The largest absolute Gasteiger partial charge is 0.465 e. The van der Waals surface area contributed by atoms with E-state index in [0.29, 0.717) is 22.5 Å². The number of fused-ring (bicyclic) bond motifs is 1. The van der Waals surface area contributed by atoms with E-state index in [4.69, 9.17) is 17.0 Å². The third kappa shape index (κ3) is 4.59. The van der Waals surface area contributed by atoms with Gasteiger partial charge in [0.1, 0.15) is 10.6 Å². The number of thiocarbonyl (C=S) groups is 1. The Bertz CT molecular complexity index is 1710. The number of esters is 1. The summed E-state index contributed by atoms with van der Waals surface area (Å²) in [6.45, 7) is 3.90. The van der Waals surface area contributed by atoms with Crippen molar-refractivity contribution < 1.29 is 19.1 Å². The average Bonchev–Trinajstić information content (AvgIpc) is 3.51. The van der Waals surface area contributed by atoms with E-state index in [0.717, 1.165) is 47.6 Å². The third-order valence-electron chi connectivity index (χ3n) is 7.79. The predicted molar refractivity (Wildman–Crippen MR) is 170 cm³/mol. The van der Waals surface area contributed by atoms with E-state index in [9.17, 15) is 14.4 Å². The molecule has 6 rings (SSSR count). The average molecular weight is 596 g/mol. The second kappa shape index (κ2) is 11.2. The zero-order chi connectivity index (χ0) is 29.5. The lowest BCUT2D eigenvalue weighted by molar-refractivity contribution is -0.120. The number of anilines is 2. The lowest BCUT2D eigenvalue weighted by Gasteiger charge is -2.36. The van der Waals surface area contributed by atoms with Gasteiger partial charge in [0.15, 0.2) is 5.11 Å². The first-order valence-electron chi connectivity index (χ1n) is 13.8. The van der Waals surface area contributed by atoms with E-state index in [-0.39, 0.29) is 16.7 Å². The van der Waals surface area contributed by atoms with Gasteiger partial charge in [0.25, 0.3) is 11.8 Å². The first-order chi connectivity index (χ1) is 20.3. The van der Waals surface area contributed by atoms with Gasteiger partial charge in [-0.2, -0.15) is 0 Å². The Morgan fingerprint density at radius 1 is 0.905 bits per heavy atom. The number of thiophene rings is 1. The molecule has 2 aromatic heterocycles. The van der Waals surface area contributed by atoms with Crippen LogP contribution in [0.25, 0.3) is 11.1 Å².